The first-order valence-electron chi connectivity index (χ1n) is 7.94. The Balaban J connectivity index is 1.77. The molecule has 0 aliphatic carbocycles. The lowest BCUT2D eigenvalue weighted by atomic mass is 10.1. The van der Waals surface area contributed by atoms with Crippen molar-refractivity contribution in [1.82, 2.24) is 9.59 Å². The molecule has 0 aliphatic heterocycles. The molecule has 2 aromatic carbocycles. The van der Waals surface area contributed by atoms with Crippen LogP contribution in [0.3, 0.4) is 0 Å². The molecule has 10 heteroatoms. The molecular formula is C18H12F4N2O3S. The van der Waals surface area contributed by atoms with E-state index in [0.29, 0.717) is 4.88 Å². The monoisotopic (exact) mass is 412 g/mol. The van der Waals surface area contributed by atoms with Gasteiger partial charge in [0.25, 0.3) is 0 Å². The van der Waals surface area contributed by atoms with E-state index in [9.17, 15) is 22.4 Å². The lowest BCUT2D eigenvalue weighted by molar-refractivity contribution is -0.136. The minimum atomic E-state index is -1.08. The quantitative estimate of drug-likeness (QED) is 0.584. The number of hydrogen-bond donors (Lipinski definition) is 1. The van der Waals surface area contributed by atoms with Crippen LogP contribution in [0.25, 0.3) is 11.3 Å². The summed E-state index contributed by atoms with van der Waals surface area (Å²) in [5, 5.41) is 12.5. The Labute approximate surface area is 160 Å². The van der Waals surface area contributed by atoms with Gasteiger partial charge < -0.3 is 9.84 Å². The van der Waals surface area contributed by atoms with E-state index in [1.165, 1.54) is 6.07 Å². The van der Waals surface area contributed by atoms with Gasteiger partial charge in [-0.25, -0.2) is 17.6 Å². The van der Waals surface area contributed by atoms with Gasteiger partial charge in [-0.3, -0.25) is 4.79 Å². The number of carboxylic acid groups (broad SMARTS) is 1. The van der Waals surface area contributed by atoms with Crippen molar-refractivity contribution < 1.29 is 32.2 Å². The molecule has 1 aromatic heterocycles. The van der Waals surface area contributed by atoms with Gasteiger partial charge in [0, 0.05) is 12.0 Å². The first kappa shape index (κ1) is 19.7. The van der Waals surface area contributed by atoms with Gasteiger partial charge in [-0.1, -0.05) is 4.49 Å². The van der Waals surface area contributed by atoms with Crippen molar-refractivity contribution in [2.75, 3.05) is 0 Å². The summed E-state index contributed by atoms with van der Waals surface area (Å²) in [5.74, 6) is -5.75. The van der Waals surface area contributed by atoms with Crippen molar-refractivity contribution in [3.8, 4) is 17.0 Å². The third kappa shape index (κ3) is 4.45. The molecule has 0 fully saturated rings. The number of aryl methyl sites for hydroxylation is 1. The predicted octanol–water partition coefficient (Wildman–Crippen LogP) is 4.36. The molecule has 146 valence electrons. The van der Waals surface area contributed by atoms with Crippen LogP contribution >= 0.6 is 11.5 Å². The molecule has 0 aliphatic rings. The number of rotatable bonds is 7. The summed E-state index contributed by atoms with van der Waals surface area (Å²) >= 11 is 0.887. The van der Waals surface area contributed by atoms with E-state index < -0.39 is 35.0 Å². The third-order valence-corrected chi connectivity index (χ3v) is 4.48. The summed E-state index contributed by atoms with van der Waals surface area (Å²) < 4.78 is 63.7. The Hall–Kier alpha value is -3.01. The van der Waals surface area contributed by atoms with E-state index in [0.717, 1.165) is 35.8 Å². The van der Waals surface area contributed by atoms with Crippen LogP contribution in [-0.2, 0) is 17.8 Å². The number of hydrogen-bond acceptors (Lipinski definition) is 5. The zero-order valence-electron chi connectivity index (χ0n) is 14.1. The second-order valence-electron chi connectivity index (χ2n) is 5.74. The Morgan fingerprint density at radius 1 is 1.04 bits per heavy atom. The van der Waals surface area contributed by atoms with E-state index in [1.54, 1.807) is 0 Å². The van der Waals surface area contributed by atoms with Crippen LogP contribution < -0.4 is 4.74 Å². The average Bonchev–Trinajstić information content (AvgIpc) is 3.10. The highest BCUT2D eigenvalue weighted by molar-refractivity contribution is 7.05. The number of halogens is 4. The van der Waals surface area contributed by atoms with Crippen molar-refractivity contribution in [1.29, 1.82) is 0 Å². The minimum absolute atomic E-state index is 0.0253. The lowest BCUT2D eigenvalue weighted by Gasteiger charge is -2.10. The number of nitrogens with zero attached hydrogens (tertiary/aromatic N) is 2. The smallest absolute Gasteiger partial charge is 0.303 e. The topological polar surface area (TPSA) is 72.3 Å². The Kier molecular flexibility index (Phi) is 5.88. The van der Waals surface area contributed by atoms with E-state index in [-0.39, 0.29) is 36.3 Å². The number of carbonyl (C=O) groups is 1. The molecule has 0 amide bonds. The highest BCUT2D eigenvalue weighted by Crippen LogP contribution is 2.29. The van der Waals surface area contributed by atoms with Gasteiger partial charge in [-0.2, -0.15) is 0 Å². The number of ether oxygens (including phenoxy) is 1. The molecule has 0 radical (unpaired) electrons. The second-order valence-corrected chi connectivity index (χ2v) is 6.58. The van der Waals surface area contributed by atoms with Gasteiger partial charge in [0.15, 0.2) is 29.0 Å². The molecule has 0 saturated carbocycles. The van der Waals surface area contributed by atoms with Crippen molar-refractivity contribution in [3.63, 3.8) is 0 Å². The van der Waals surface area contributed by atoms with Crippen LogP contribution in [-0.4, -0.2) is 20.7 Å². The predicted molar refractivity (Wildman–Crippen MR) is 91.9 cm³/mol. The number of carboxylic acids is 1. The molecule has 0 atom stereocenters. The fourth-order valence-electron chi connectivity index (χ4n) is 2.45. The van der Waals surface area contributed by atoms with Gasteiger partial charge in [-0.05, 0) is 53.8 Å². The highest BCUT2D eigenvalue weighted by Gasteiger charge is 2.17. The molecule has 0 bridgehead atoms. The molecular weight excluding hydrogens is 400 g/mol. The van der Waals surface area contributed by atoms with E-state index in [4.69, 9.17) is 9.84 Å². The standard InChI is InChI=1S/C18H12F4N2O3S/c19-11-3-2-10(7-12(11)20)17-15(28-24-23-17)8-27-18-13(21)5-9(6-14(18)22)1-4-16(25)26/h2-3,5-7H,1,4,8H2,(H,25,26). The Bertz CT molecular complexity index is 1000. The summed E-state index contributed by atoms with van der Waals surface area (Å²) in [5.41, 5.74) is 0.644. The summed E-state index contributed by atoms with van der Waals surface area (Å²) in [6.07, 6.45) is -0.286. The molecule has 0 spiro atoms. The zero-order valence-corrected chi connectivity index (χ0v) is 14.9. The van der Waals surface area contributed by atoms with Crippen LogP contribution in [0.5, 0.6) is 5.75 Å². The van der Waals surface area contributed by atoms with Crippen molar-refractivity contribution >= 4 is 17.5 Å². The maximum Gasteiger partial charge on any atom is 0.303 e. The van der Waals surface area contributed by atoms with E-state index in [2.05, 4.69) is 9.59 Å². The number of benzene rings is 2. The zero-order chi connectivity index (χ0) is 20.3. The van der Waals surface area contributed by atoms with Crippen LogP contribution in [0.4, 0.5) is 17.6 Å². The fraction of sp³-hybridized carbons (Fsp3) is 0.167. The summed E-state index contributed by atoms with van der Waals surface area (Å²) in [6, 6.07) is 5.18. The van der Waals surface area contributed by atoms with Crippen molar-refractivity contribution in [2.45, 2.75) is 19.4 Å². The van der Waals surface area contributed by atoms with Gasteiger partial charge in [0.05, 0.1) is 4.88 Å². The maximum absolute atomic E-state index is 14.2. The van der Waals surface area contributed by atoms with Crippen LogP contribution in [0, 0.1) is 23.3 Å². The van der Waals surface area contributed by atoms with E-state index in [1.807, 2.05) is 0 Å². The normalized spacial score (nSPS) is 10.9. The third-order valence-electron chi connectivity index (χ3n) is 3.78. The molecule has 3 aromatic rings. The summed E-state index contributed by atoms with van der Waals surface area (Å²) in [4.78, 5) is 10.9. The highest BCUT2D eigenvalue weighted by atomic mass is 32.1. The van der Waals surface area contributed by atoms with Crippen molar-refractivity contribution in [3.05, 3.63) is 64.0 Å². The van der Waals surface area contributed by atoms with Crippen molar-refractivity contribution in [2.24, 2.45) is 0 Å². The second kappa shape index (κ2) is 8.34. The average molecular weight is 412 g/mol. The Morgan fingerprint density at radius 2 is 1.75 bits per heavy atom. The molecule has 1 heterocycles. The SMILES string of the molecule is O=C(O)CCc1cc(F)c(OCc2snnc2-c2ccc(F)c(F)c2)c(F)c1. The molecule has 1 N–H and O–H groups in total. The fourth-order valence-corrected chi connectivity index (χ4v) is 3.03. The molecule has 0 saturated heterocycles. The summed E-state index contributed by atoms with van der Waals surface area (Å²) in [6.45, 7) is -0.297. The van der Waals surface area contributed by atoms with Crippen LogP contribution in [0.1, 0.15) is 16.9 Å². The minimum Gasteiger partial charge on any atom is -0.482 e. The molecule has 5 nitrogen and oxygen atoms in total. The Morgan fingerprint density at radius 3 is 2.39 bits per heavy atom. The number of aromatic nitrogens is 2. The van der Waals surface area contributed by atoms with Gasteiger partial charge in [-0.15, -0.1) is 5.10 Å². The lowest BCUT2D eigenvalue weighted by Crippen LogP contribution is -2.03. The first-order chi connectivity index (χ1) is 13.3. The van der Waals surface area contributed by atoms with Crippen LogP contribution in [0.2, 0.25) is 0 Å². The molecule has 0 unspecified atom stereocenters. The van der Waals surface area contributed by atoms with E-state index >= 15 is 0 Å². The van der Waals surface area contributed by atoms with Crippen LogP contribution in [0.15, 0.2) is 30.3 Å². The van der Waals surface area contributed by atoms with Gasteiger partial charge in [0.2, 0.25) is 0 Å². The number of aliphatic carboxylic acids is 1. The summed E-state index contributed by atoms with van der Waals surface area (Å²) in [7, 11) is 0. The van der Waals surface area contributed by atoms with Gasteiger partial charge >= 0.3 is 5.97 Å². The molecule has 3 rings (SSSR count). The largest absolute Gasteiger partial charge is 0.482 e. The first-order valence-corrected chi connectivity index (χ1v) is 8.71. The van der Waals surface area contributed by atoms with Gasteiger partial charge in [0.1, 0.15) is 12.3 Å². The maximum atomic E-state index is 14.2. The molecule has 28 heavy (non-hydrogen) atoms.